The summed E-state index contributed by atoms with van der Waals surface area (Å²) in [5.74, 6) is 1.10. The summed E-state index contributed by atoms with van der Waals surface area (Å²) >= 11 is 1.32. The van der Waals surface area contributed by atoms with Crippen LogP contribution in [0.2, 0.25) is 0 Å². The molecule has 0 radical (unpaired) electrons. The smallest absolute Gasteiger partial charge is 0.241 e. The average Bonchev–Trinajstić information content (AvgIpc) is 3.15. The topological polar surface area (TPSA) is 80.2 Å². The highest BCUT2D eigenvalue weighted by atomic mass is 32.2. The van der Waals surface area contributed by atoms with Gasteiger partial charge >= 0.3 is 0 Å². The van der Waals surface area contributed by atoms with E-state index in [9.17, 15) is 9.59 Å². The summed E-state index contributed by atoms with van der Waals surface area (Å²) < 4.78 is 11.5. The Morgan fingerprint density at radius 3 is 1.97 bits per heavy atom. The third-order valence-electron chi connectivity index (χ3n) is 4.76. The Balaban J connectivity index is 1.50. The quantitative estimate of drug-likeness (QED) is 0.651. The summed E-state index contributed by atoms with van der Waals surface area (Å²) in [4.78, 5) is 23.2. The molecule has 1 aliphatic rings. The number of nitrogens with zero attached hydrogens (tertiary/aromatic N) is 2. The van der Waals surface area contributed by atoms with Crippen molar-refractivity contribution in [2.45, 2.75) is 45.4 Å². The second-order valence-electron chi connectivity index (χ2n) is 8.46. The molecule has 1 N–H and O–H groups in total. The first-order chi connectivity index (χ1) is 15.1. The number of thioether (sulfide) groups is 1. The summed E-state index contributed by atoms with van der Waals surface area (Å²) in [5.41, 5.74) is 2.26. The van der Waals surface area contributed by atoms with Crippen LogP contribution in [0.4, 0.5) is 0 Å². The van der Waals surface area contributed by atoms with Crippen LogP contribution < -0.4 is 14.8 Å². The van der Waals surface area contributed by atoms with Crippen LogP contribution in [0.25, 0.3) is 0 Å². The number of benzene rings is 2. The van der Waals surface area contributed by atoms with Gasteiger partial charge in [0.15, 0.2) is 5.17 Å². The van der Waals surface area contributed by atoms with E-state index in [-0.39, 0.29) is 22.6 Å². The number of hydrogen-bond donors (Lipinski definition) is 1. The largest absolute Gasteiger partial charge is 0.490 e. The minimum absolute atomic E-state index is 0.115. The normalized spacial score (nSPS) is 15.8. The molecule has 7 nitrogen and oxygen atoms in total. The molecule has 0 aromatic heterocycles. The molecule has 0 fully saturated rings. The summed E-state index contributed by atoms with van der Waals surface area (Å²) in [6.07, 6.45) is 0. The Hall–Kier alpha value is -3.00. The van der Waals surface area contributed by atoms with E-state index < -0.39 is 0 Å². The molecule has 2 aromatic carbocycles. The number of hydrogen-bond acceptors (Lipinski definition) is 6. The lowest BCUT2D eigenvalue weighted by atomic mass is 9.87. The molecule has 0 spiro atoms. The zero-order valence-electron chi connectivity index (χ0n) is 19.0. The van der Waals surface area contributed by atoms with Gasteiger partial charge in [-0.3, -0.25) is 9.59 Å². The molecule has 0 saturated heterocycles. The van der Waals surface area contributed by atoms with Crippen LogP contribution in [0.5, 0.6) is 11.5 Å². The van der Waals surface area contributed by atoms with E-state index in [2.05, 4.69) is 43.3 Å². The van der Waals surface area contributed by atoms with Gasteiger partial charge in [-0.1, -0.05) is 56.8 Å². The zero-order chi connectivity index (χ0) is 23.3. The second-order valence-corrected chi connectivity index (χ2v) is 9.53. The number of amides is 2. The van der Waals surface area contributed by atoms with Gasteiger partial charge in [0.2, 0.25) is 11.8 Å². The number of amidine groups is 1. The van der Waals surface area contributed by atoms with E-state index >= 15 is 0 Å². The average molecular weight is 456 g/mol. The van der Waals surface area contributed by atoms with E-state index in [0.717, 1.165) is 11.3 Å². The van der Waals surface area contributed by atoms with Gasteiger partial charge in [0.25, 0.3) is 0 Å². The second kappa shape index (κ2) is 10.1. The Labute approximate surface area is 193 Å². The highest BCUT2D eigenvalue weighted by molar-refractivity contribution is 8.14. The number of carbonyl (C=O) groups is 2. The third-order valence-corrected chi connectivity index (χ3v) is 5.86. The van der Waals surface area contributed by atoms with Crippen LogP contribution in [0, 0.1) is 0 Å². The van der Waals surface area contributed by atoms with Gasteiger partial charge in [-0.15, -0.1) is 5.10 Å². The van der Waals surface area contributed by atoms with Crippen molar-refractivity contribution in [3.63, 3.8) is 0 Å². The van der Waals surface area contributed by atoms with Crippen molar-refractivity contribution in [3.05, 3.63) is 59.7 Å². The molecule has 0 saturated carbocycles. The van der Waals surface area contributed by atoms with Gasteiger partial charge in [-0.25, -0.2) is 5.01 Å². The summed E-state index contributed by atoms with van der Waals surface area (Å²) in [6, 6.07) is 15.6. The lowest BCUT2D eigenvalue weighted by Gasteiger charge is -2.19. The maximum Gasteiger partial charge on any atom is 0.241 e. The van der Waals surface area contributed by atoms with Crippen molar-refractivity contribution in [1.29, 1.82) is 0 Å². The Bertz CT molecular complexity index is 982. The van der Waals surface area contributed by atoms with Crippen LogP contribution in [0.15, 0.2) is 53.6 Å². The first kappa shape index (κ1) is 23.7. The summed E-state index contributed by atoms with van der Waals surface area (Å²) in [5, 5.41) is 8.28. The van der Waals surface area contributed by atoms with Crippen molar-refractivity contribution in [1.82, 2.24) is 10.3 Å². The van der Waals surface area contributed by atoms with Crippen LogP contribution in [-0.2, 0) is 15.0 Å². The highest BCUT2D eigenvalue weighted by Crippen LogP contribution is 2.39. The molecular formula is C24H29N3O4S. The van der Waals surface area contributed by atoms with Crippen molar-refractivity contribution in [3.8, 4) is 11.5 Å². The number of rotatable bonds is 6. The molecule has 0 aliphatic carbocycles. The highest BCUT2D eigenvalue weighted by Gasteiger charge is 2.32. The maximum atomic E-state index is 11.9. The zero-order valence-corrected chi connectivity index (χ0v) is 19.9. The van der Waals surface area contributed by atoms with Crippen LogP contribution in [0.3, 0.4) is 0 Å². The Morgan fingerprint density at radius 2 is 1.50 bits per heavy atom. The summed E-state index contributed by atoms with van der Waals surface area (Å²) in [6.45, 7) is 10.2. The van der Waals surface area contributed by atoms with Gasteiger partial charge in [-0.2, -0.15) is 0 Å². The lowest BCUT2D eigenvalue weighted by molar-refractivity contribution is -0.129. The minimum Gasteiger partial charge on any atom is -0.490 e. The van der Waals surface area contributed by atoms with E-state index in [0.29, 0.717) is 24.1 Å². The Morgan fingerprint density at radius 1 is 0.969 bits per heavy atom. The molecule has 1 atom stereocenters. The van der Waals surface area contributed by atoms with Crippen LogP contribution in [0.1, 0.15) is 51.1 Å². The molecule has 0 bridgehead atoms. The molecule has 2 amide bonds. The predicted molar refractivity (Wildman–Crippen MR) is 127 cm³/mol. The monoisotopic (exact) mass is 455 g/mol. The van der Waals surface area contributed by atoms with Crippen molar-refractivity contribution < 1.29 is 19.1 Å². The van der Waals surface area contributed by atoms with E-state index in [1.54, 1.807) is 0 Å². The molecule has 1 aliphatic heterocycles. The van der Waals surface area contributed by atoms with Gasteiger partial charge < -0.3 is 14.8 Å². The fourth-order valence-electron chi connectivity index (χ4n) is 3.08. The van der Waals surface area contributed by atoms with E-state index in [1.807, 2.05) is 36.4 Å². The molecular weight excluding hydrogens is 426 g/mol. The fraction of sp³-hybridized carbons (Fsp3) is 0.375. The van der Waals surface area contributed by atoms with Crippen LogP contribution in [-0.4, -0.2) is 35.2 Å². The molecule has 0 unspecified atom stereocenters. The van der Waals surface area contributed by atoms with Crippen molar-refractivity contribution in [2.75, 3.05) is 13.2 Å². The molecule has 170 valence electrons. The first-order valence-corrected chi connectivity index (χ1v) is 11.3. The number of hydrazone groups is 1. The van der Waals surface area contributed by atoms with Crippen molar-refractivity contribution >= 4 is 28.7 Å². The third kappa shape index (κ3) is 6.26. The van der Waals surface area contributed by atoms with Crippen LogP contribution >= 0.6 is 11.8 Å². The molecule has 2 aromatic rings. The lowest BCUT2D eigenvalue weighted by Crippen LogP contribution is -2.25. The van der Waals surface area contributed by atoms with E-state index in [4.69, 9.17) is 9.47 Å². The van der Waals surface area contributed by atoms with Gasteiger partial charge in [-0.05, 0) is 40.8 Å². The number of nitrogens with one attached hydrogen (secondary N) is 1. The fourth-order valence-corrected chi connectivity index (χ4v) is 4.22. The summed E-state index contributed by atoms with van der Waals surface area (Å²) in [7, 11) is 0. The first-order valence-electron chi connectivity index (χ1n) is 10.4. The molecule has 8 heteroatoms. The maximum absolute atomic E-state index is 11.9. The molecule has 32 heavy (non-hydrogen) atoms. The Kier molecular flexibility index (Phi) is 7.45. The number of ether oxygens (including phenoxy) is 2. The van der Waals surface area contributed by atoms with Gasteiger partial charge in [0, 0.05) is 13.8 Å². The predicted octanol–water partition coefficient (Wildman–Crippen LogP) is 4.44. The van der Waals surface area contributed by atoms with Gasteiger partial charge in [0.1, 0.15) is 30.1 Å². The van der Waals surface area contributed by atoms with E-state index in [1.165, 1.54) is 36.2 Å². The van der Waals surface area contributed by atoms with Gasteiger partial charge in [0.05, 0.1) is 0 Å². The SMILES string of the molecule is CC(=O)NC1=NN(C(C)=O)[C@@H](c2ccc(OCCOc3ccc(C(C)(C)C)cc3)cc2)S1. The number of carbonyl (C=O) groups excluding carboxylic acids is 2. The minimum atomic E-state index is -0.331. The standard InChI is InChI=1S/C24H29N3O4S/c1-16(28)25-23-26-27(17(2)29)22(32-23)18-6-10-20(11-7-18)30-14-15-31-21-12-8-19(9-13-21)24(3,4)5/h6-13,22H,14-15H2,1-5H3,(H,25,26,28)/t22-/m1/s1. The van der Waals surface area contributed by atoms with Crippen molar-refractivity contribution in [2.24, 2.45) is 5.10 Å². The molecule has 3 rings (SSSR count). The molecule has 1 heterocycles.